The summed E-state index contributed by atoms with van der Waals surface area (Å²) in [5.41, 5.74) is 0.0292. The van der Waals surface area contributed by atoms with Gasteiger partial charge in [-0.25, -0.2) is 4.79 Å². The molecule has 1 N–H and O–H groups in total. The number of nitrogens with one attached hydrogen (secondary N) is 1. The Kier molecular flexibility index (Phi) is 4.90. The molecule has 1 aliphatic heterocycles. The van der Waals surface area contributed by atoms with E-state index in [4.69, 9.17) is 4.42 Å². The summed E-state index contributed by atoms with van der Waals surface area (Å²) >= 11 is 0. The van der Waals surface area contributed by atoms with Crippen LogP contribution >= 0.6 is 0 Å². The van der Waals surface area contributed by atoms with E-state index in [9.17, 15) is 9.59 Å². The first-order valence-corrected chi connectivity index (χ1v) is 7.43. The van der Waals surface area contributed by atoms with E-state index in [1.165, 1.54) is 6.26 Å². The van der Waals surface area contributed by atoms with Gasteiger partial charge in [0.2, 0.25) is 0 Å². The quantitative estimate of drug-likeness (QED) is 0.912. The summed E-state index contributed by atoms with van der Waals surface area (Å²) in [5, 5.41) is 2.77. The molecule has 1 aromatic heterocycles. The van der Waals surface area contributed by atoms with Gasteiger partial charge in [-0.1, -0.05) is 26.8 Å². The highest BCUT2D eigenvalue weighted by Crippen LogP contribution is 2.14. The highest BCUT2D eigenvalue weighted by Gasteiger charge is 2.25. The van der Waals surface area contributed by atoms with Crippen molar-refractivity contribution in [1.82, 2.24) is 15.1 Å². The third-order valence-electron chi connectivity index (χ3n) is 3.38. The zero-order valence-corrected chi connectivity index (χ0v) is 13.3. The lowest BCUT2D eigenvalue weighted by atomic mass is 9.97. The molecule has 0 saturated carbocycles. The van der Waals surface area contributed by atoms with Crippen molar-refractivity contribution in [3.63, 3.8) is 0 Å². The molecule has 0 atom stereocenters. The normalized spacial score (nSPS) is 16.1. The zero-order valence-electron chi connectivity index (χ0n) is 13.3. The van der Waals surface area contributed by atoms with Crippen LogP contribution in [0.4, 0.5) is 4.79 Å². The van der Waals surface area contributed by atoms with Gasteiger partial charge >= 0.3 is 6.03 Å². The fourth-order valence-electron chi connectivity index (χ4n) is 2.12. The monoisotopic (exact) mass is 305 g/mol. The zero-order chi connectivity index (χ0) is 16.2. The highest BCUT2D eigenvalue weighted by atomic mass is 16.3. The highest BCUT2D eigenvalue weighted by molar-refractivity contribution is 5.91. The lowest BCUT2D eigenvalue weighted by Gasteiger charge is -2.34. The van der Waals surface area contributed by atoms with E-state index in [2.05, 4.69) is 26.1 Å². The molecule has 1 aromatic rings. The molecule has 0 aromatic carbocycles. The molecule has 2 heterocycles. The number of piperazine rings is 1. The fourth-order valence-corrected chi connectivity index (χ4v) is 2.12. The van der Waals surface area contributed by atoms with Gasteiger partial charge in [0.1, 0.15) is 0 Å². The Labute approximate surface area is 130 Å². The van der Waals surface area contributed by atoms with Gasteiger partial charge in [0.15, 0.2) is 5.76 Å². The van der Waals surface area contributed by atoms with Crippen molar-refractivity contribution in [2.45, 2.75) is 20.8 Å². The summed E-state index contributed by atoms with van der Waals surface area (Å²) in [4.78, 5) is 27.6. The van der Waals surface area contributed by atoms with E-state index in [1.54, 1.807) is 28.1 Å². The molecular weight excluding hydrogens is 282 g/mol. The Morgan fingerprint density at radius 3 is 2.36 bits per heavy atom. The number of rotatable bonds is 2. The molecule has 0 unspecified atom stereocenters. The maximum Gasteiger partial charge on any atom is 0.321 e. The first-order valence-electron chi connectivity index (χ1n) is 7.43. The maximum atomic E-state index is 12.1. The van der Waals surface area contributed by atoms with Crippen molar-refractivity contribution < 1.29 is 14.0 Å². The van der Waals surface area contributed by atoms with Gasteiger partial charge in [0, 0.05) is 32.4 Å². The van der Waals surface area contributed by atoms with Gasteiger partial charge in [-0.3, -0.25) is 4.79 Å². The number of urea groups is 1. The number of amides is 3. The number of hydrogen-bond acceptors (Lipinski definition) is 3. The lowest BCUT2D eigenvalue weighted by Crippen LogP contribution is -2.52. The van der Waals surface area contributed by atoms with Gasteiger partial charge < -0.3 is 19.5 Å². The molecule has 120 valence electrons. The molecule has 0 aliphatic carbocycles. The Bertz CT molecular complexity index is 535. The van der Waals surface area contributed by atoms with Gasteiger partial charge in [0.05, 0.1) is 6.26 Å². The van der Waals surface area contributed by atoms with Crippen LogP contribution in [0.3, 0.4) is 0 Å². The minimum absolute atomic E-state index is 0.0292. The summed E-state index contributed by atoms with van der Waals surface area (Å²) < 4.78 is 5.11. The first-order chi connectivity index (χ1) is 10.4. The predicted octanol–water partition coefficient (Wildman–Crippen LogP) is 2.31. The average molecular weight is 305 g/mol. The topological polar surface area (TPSA) is 65.8 Å². The summed E-state index contributed by atoms with van der Waals surface area (Å²) in [5.74, 6) is 0.212. The van der Waals surface area contributed by atoms with E-state index in [1.807, 2.05) is 6.08 Å². The molecule has 22 heavy (non-hydrogen) atoms. The molecule has 0 radical (unpaired) electrons. The molecule has 0 spiro atoms. The Hall–Kier alpha value is -2.24. The second kappa shape index (κ2) is 6.68. The standard InChI is InChI=1S/C16H23N3O3/c1-16(2,3)6-7-17-15(21)19-10-8-18(9-11-19)14(20)13-5-4-12-22-13/h4-7,12H,8-11H2,1-3H3,(H,17,21)/b7-6+. The van der Waals surface area contributed by atoms with E-state index >= 15 is 0 Å². The SMILES string of the molecule is CC(C)(C)/C=C/NC(=O)N1CCN(C(=O)c2ccco2)CC1. The third-order valence-corrected chi connectivity index (χ3v) is 3.38. The number of furan rings is 1. The van der Waals surface area contributed by atoms with Crippen molar-refractivity contribution in [3.05, 3.63) is 36.4 Å². The van der Waals surface area contributed by atoms with Crippen molar-refractivity contribution >= 4 is 11.9 Å². The minimum Gasteiger partial charge on any atom is -0.459 e. The summed E-state index contributed by atoms with van der Waals surface area (Å²) in [6, 6.07) is 3.21. The molecule has 1 fully saturated rings. The maximum absolute atomic E-state index is 12.1. The van der Waals surface area contributed by atoms with Crippen molar-refractivity contribution in [2.24, 2.45) is 5.41 Å². The molecule has 0 bridgehead atoms. The van der Waals surface area contributed by atoms with Gasteiger partial charge in [-0.15, -0.1) is 0 Å². The predicted molar refractivity (Wildman–Crippen MR) is 83.3 cm³/mol. The van der Waals surface area contributed by atoms with Gasteiger partial charge in [-0.05, 0) is 17.5 Å². The van der Waals surface area contributed by atoms with Crippen LogP contribution in [-0.2, 0) is 0 Å². The Morgan fingerprint density at radius 1 is 1.18 bits per heavy atom. The second-order valence-corrected chi connectivity index (χ2v) is 6.41. The van der Waals surface area contributed by atoms with Crippen LogP contribution in [0.5, 0.6) is 0 Å². The van der Waals surface area contributed by atoms with Crippen molar-refractivity contribution in [2.75, 3.05) is 26.2 Å². The smallest absolute Gasteiger partial charge is 0.321 e. The number of carbonyl (C=O) groups is 2. The second-order valence-electron chi connectivity index (χ2n) is 6.41. The van der Waals surface area contributed by atoms with Crippen LogP contribution in [-0.4, -0.2) is 47.9 Å². The third kappa shape index (κ3) is 4.38. The Morgan fingerprint density at radius 2 is 1.82 bits per heavy atom. The molecule has 6 nitrogen and oxygen atoms in total. The molecule has 6 heteroatoms. The summed E-state index contributed by atoms with van der Waals surface area (Å²) in [7, 11) is 0. The fraction of sp³-hybridized carbons (Fsp3) is 0.500. The number of nitrogens with zero attached hydrogens (tertiary/aromatic N) is 2. The van der Waals surface area contributed by atoms with Crippen LogP contribution in [0, 0.1) is 5.41 Å². The van der Waals surface area contributed by atoms with Gasteiger partial charge in [0.25, 0.3) is 5.91 Å². The molecule has 1 aliphatic rings. The molecule has 3 amide bonds. The van der Waals surface area contributed by atoms with Crippen LogP contribution in [0.1, 0.15) is 31.3 Å². The van der Waals surface area contributed by atoms with E-state index < -0.39 is 0 Å². The average Bonchev–Trinajstić information content (AvgIpc) is 2.99. The largest absolute Gasteiger partial charge is 0.459 e. The van der Waals surface area contributed by atoms with Crippen LogP contribution < -0.4 is 5.32 Å². The molecule has 1 saturated heterocycles. The number of allylic oxidation sites excluding steroid dienone is 1. The van der Waals surface area contributed by atoms with E-state index in [-0.39, 0.29) is 17.4 Å². The van der Waals surface area contributed by atoms with E-state index in [0.29, 0.717) is 31.9 Å². The van der Waals surface area contributed by atoms with Gasteiger partial charge in [-0.2, -0.15) is 0 Å². The summed E-state index contributed by atoms with van der Waals surface area (Å²) in [6.45, 7) is 8.24. The number of carbonyl (C=O) groups excluding carboxylic acids is 2. The van der Waals surface area contributed by atoms with Crippen LogP contribution in [0.25, 0.3) is 0 Å². The molecule has 2 rings (SSSR count). The van der Waals surface area contributed by atoms with Crippen LogP contribution in [0.15, 0.2) is 35.1 Å². The van der Waals surface area contributed by atoms with Crippen LogP contribution in [0.2, 0.25) is 0 Å². The van der Waals surface area contributed by atoms with Crippen molar-refractivity contribution in [1.29, 1.82) is 0 Å². The number of hydrogen-bond donors (Lipinski definition) is 1. The Balaban J connectivity index is 1.80. The summed E-state index contributed by atoms with van der Waals surface area (Å²) in [6.07, 6.45) is 5.11. The van der Waals surface area contributed by atoms with Crippen molar-refractivity contribution in [3.8, 4) is 0 Å². The lowest BCUT2D eigenvalue weighted by molar-refractivity contribution is 0.0635. The molecular formula is C16H23N3O3. The minimum atomic E-state index is -0.134. The first kappa shape index (κ1) is 16.1. The van der Waals surface area contributed by atoms with E-state index in [0.717, 1.165) is 0 Å².